The topological polar surface area (TPSA) is 107 Å². The zero-order chi connectivity index (χ0) is 14.6. The highest BCUT2D eigenvalue weighted by Gasteiger charge is 2.20. The van der Waals surface area contributed by atoms with Gasteiger partial charge in [0.1, 0.15) is 0 Å². The first-order valence-electron chi connectivity index (χ1n) is 5.20. The van der Waals surface area contributed by atoms with E-state index in [1.165, 1.54) is 12.1 Å². The molecule has 0 spiro atoms. The molecule has 1 rings (SSSR count). The zero-order valence-electron chi connectivity index (χ0n) is 9.92. The van der Waals surface area contributed by atoms with Crippen molar-refractivity contribution in [3.8, 4) is 6.07 Å². The van der Waals surface area contributed by atoms with Crippen LogP contribution in [0.15, 0.2) is 27.6 Å². The number of sulfonamides is 1. The standard InChI is InChI=1S/C11H11BrN2O4S/c1-7(4-5-13)14-19(17,18)8-2-3-10(12)9(6-8)11(15)16/h2-3,6-7,14H,4H2,1H3,(H,15,16). The van der Waals surface area contributed by atoms with E-state index in [0.717, 1.165) is 6.07 Å². The molecule has 6 nitrogen and oxygen atoms in total. The average molecular weight is 347 g/mol. The SMILES string of the molecule is CC(CC#N)NS(=O)(=O)c1ccc(Br)c(C(=O)O)c1. The third kappa shape index (κ3) is 4.02. The van der Waals surface area contributed by atoms with Crippen LogP contribution in [0.4, 0.5) is 0 Å². The summed E-state index contributed by atoms with van der Waals surface area (Å²) in [6, 6.07) is 5.01. The van der Waals surface area contributed by atoms with Crippen molar-refractivity contribution in [3.05, 3.63) is 28.2 Å². The van der Waals surface area contributed by atoms with Crippen LogP contribution in [0.5, 0.6) is 0 Å². The summed E-state index contributed by atoms with van der Waals surface area (Å²) in [6.07, 6.45) is 0.0293. The number of halogens is 1. The molecule has 1 atom stereocenters. The van der Waals surface area contributed by atoms with Crippen LogP contribution >= 0.6 is 15.9 Å². The van der Waals surface area contributed by atoms with Crippen LogP contribution < -0.4 is 4.72 Å². The van der Waals surface area contributed by atoms with Crippen LogP contribution in [0, 0.1) is 11.3 Å². The molecule has 1 aromatic carbocycles. The number of benzene rings is 1. The lowest BCUT2D eigenvalue weighted by Crippen LogP contribution is -2.32. The van der Waals surface area contributed by atoms with Gasteiger partial charge >= 0.3 is 5.97 Å². The van der Waals surface area contributed by atoms with E-state index in [1.807, 2.05) is 6.07 Å². The van der Waals surface area contributed by atoms with E-state index in [4.69, 9.17) is 10.4 Å². The maximum atomic E-state index is 12.0. The van der Waals surface area contributed by atoms with Crippen LogP contribution in [0.3, 0.4) is 0 Å². The molecular weight excluding hydrogens is 336 g/mol. The van der Waals surface area contributed by atoms with Crippen molar-refractivity contribution in [2.24, 2.45) is 0 Å². The summed E-state index contributed by atoms with van der Waals surface area (Å²) in [5.41, 5.74) is -0.143. The number of carboxylic acids is 1. The Kier molecular flexibility index (Phi) is 5.05. The van der Waals surface area contributed by atoms with Crippen LogP contribution in [0.2, 0.25) is 0 Å². The first-order valence-corrected chi connectivity index (χ1v) is 7.47. The third-order valence-electron chi connectivity index (χ3n) is 2.23. The van der Waals surface area contributed by atoms with Crippen molar-refractivity contribution < 1.29 is 18.3 Å². The first-order chi connectivity index (χ1) is 8.77. The average Bonchev–Trinajstić information content (AvgIpc) is 2.28. The molecule has 0 aliphatic heterocycles. The fourth-order valence-electron chi connectivity index (χ4n) is 1.35. The number of hydrogen-bond donors (Lipinski definition) is 2. The highest BCUT2D eigenvalue weighted by atomic mass is 79.9. The van der Waals surface area contributed by atoms with Crippen LogP contribution in [0.25, 0.3) is 0 Å². The smallest absolute Gasteiger partial charge is 0.336 e. The third-order valence-corrected chi connectivity index (χ3v) is 4.51. The van der Waals surface area contributed by atoms with Crippen molar-refractivity contribution in [2.45, 2.75) is 24.3 Å². The summed E-state index contributed by atoms with van der Waals surface area (Å²) >= 11 is 3.03. The number of carboxylic acid groups (broad SMARTS) is 1. The summed E-state index contributed by atoms with van der Waals surface area (Å²) in [5.74, 6) is -1.23. The largest absolute Gasteiger partial charge is 0.478 e. The van der Waals surface area contributed by atoms with Crippen LogP contribution in [0.1, 0.15) is 23.7 Å². The molecule has 19 heavy (non-hydrogen) atoms. The molecule has 8 heteroatoms. The van der Waals surface area contributed by atoms with Crippen molar-refractivity contribution in [1.82, 2.24) is 4.72 Å². The molecule has 0 saturated carbocycles. The second-order valence-electron chi connectivity index (χ2n) is 3.83. The predicted octanol–water partition coefficient (Wildman–Crippen LogP) is 1.73. The quantitative estimate of drug-likeness (QED) is 0.843. The Bertz CT molecular complexity index is 637. The van der Waals surface area contributed by atoms with Gasteiger partial charge in [-0.1, -0.05) is 0 Å². The first kappa shape index (κ1) is 15.6. The molecule has 0 aromatic heterocycles. The monoisotopic (exact) mass is 346 g/mol. The van der Waals surface area contributed by atoms with E-state index in [2.05, 4.69) is 20.7 Å². The van der Waals surface area contributed by atoms with Crippen molar-refractivity contribution >= 4 is 31.9 Å². The minimum atomic E-state index is -3.84. The van der Waals surface area contributed by atoms with E-state index >= 15 is 0 Å². The molecule has 1 unspecified atom stereocenters. The fraction of sp³-hybridized carbons (Fsp3) is 0.273. The van der Waals surface area contributed by atoms with Crippen molar-refractivity contribution in [1.29, 1.82) is 5.26 Å². The Hall–Kier alpha value is -1.43. The Balaban J connectivity index is 3.13. The summed E-state index contributed by atoms with van der Waals surface area (Å²) < 4.78 is 26.5. The van der Waals surface area contributed by atoms with Gasteiger partial charge in [-0.15, -0.1) is 0 Å². The molecule has 0 bridgehead atoms. The number of carbonyl (C=O) groups is 1. The van der Waals surface area contributed by atoms with Gasteiger partial charge in [0, 0.05) is 10.5 Å². The number of aromatic carboxylic acids is 1. The summed E-state index contributed by atoms with van der Waals surface area (Å²) in [6.45, 7) is 1.55. The molecular formula is C11H11BrN2O4S. The maximum Gasteiger partial charge on any atom is 0.336 e. The number of hydrogen-bond acceptors (Lipinski definition) is 4. The van der Waals surface area contributed by atoms with Gasteiger partial charge in [0.2, 0.25) is 10.0 Å². The van der Waals surface area contributed by atoms with Gasteiger partial charge < -0.3 is 5.11 Å². The lowest BCUT2D eigenvalue weighted by atomic mass is 10.2. The number of nitriles is 1. The zero-order valence-corrected chi connectivity index (χ0v) is 12.3. The number of nitrogens with one attached hydrogen (secondary N) is 1. The van der Waals surface area contributed by atoms with Gasteiger partial charge in [-0.05, 0) is 41.1 Å². The Morgan fingerprint density at radius 1 is 1.58 bits per heavy atom. The summed E-state index contributed by atoms with van der Waals surface area (Å²) in [4.78, 5) is 10.8. The van der Waals surface area contributed by atoms with Crippen LogP contribution in [-0.2, 0) is 10.0 Å². The Morgan fingerprint density at radius 3 is 2.74 bits per heavy atom. The molecule has 0 radical (unpaired) electrons. The van der Waals surface area contributed by atoms with Gasteiger partial charge in [-0.25, -0.2) is 17.9 Å². The Morgan fingerprint density at radius 2 is 2.21 bits per heavy atom. The molecule has 0 aliphatic rings. The highest BCUT2D eigenvalue weighted by molar-refractivity contribution is 9.10. The van der Waals surface area contributed by atoms with Crippen LogP contribution in [-0.4, -0.2) is 25.5 Å². The maximum absolute atomic E-state index is 12.0. The van der Waals surface area contributed by atoms with Crippen molar-refractivity contribution in [2.75, 3.05) is 0 Å². The summed E-state index contributed by atoms with van der Waals surface area (Å²) in [7, 11) is -3.84. The molecule has 0 aliphatic carbocycles. The molecule has 1 aromatic rings. The predicted molar refractivity (Wildman–Crippen MR) is 71.1 cm³/mol. The van der Waals surface area contributed by atoms with Gasteiger partial charge in [-0.2, -0.15) is 5.26 Å². The van der Waals surface area contributed by atoms with Crippen molar-refractivity contribution in [3.63, 3.8) is 0 Å². The molecule has 0 saturated heterocycles. The van der Waals surface area contributed by atoms with Gasteiger partial charge in [0.05, 0.1) is 22.9 Å². The Labute approximate surface area is 119 Å². The second kappa shape index (κ2) is 6.14. The van der Waals surface area contributed by atoms with E-state index in [0.29, 0.717) is 4.47 Å². The van der Waals surface area contributed by atoms with Gasteiger partial charge in [0.25, 0.3) is 0 Å². The summed E-state index contributed by atoms with van der Waals surface area (Å²) in [5, 5.41) is 17.4. The molecule has 0 heterocycles. The lowest BCUT2D eigenvalue weighted by Gasteiger charge is -2.12. The van der Waals surface area contributed by atoms with E-state index < -0.39 is 22.0 Å². The molecule has 0 amide bonds. The van der Waals surface area contributed by atoms with E-state index in [9.17, 15) is 13.2 Å². The van der Waals surface area contributed by atoms with E-state index in [-0.39, 0.29) is 16.9 Å². The second-order valence-corrected chi connectivity index (χ2v) is 6.40. The molecule has 2 N–H and O–H groups in total. The lowest BCUT2D eigenvalue weighted by molar-refractivity contribution is 0.0695. The normalized spacial score (nSPS) is 12.7. The minimum absolute atomic E-state index is 0.0293. The molecule has 0 fully saturated rings. The fourth-order valence-corrected chi connectivity index (χ4v) is 3.03. The number of nitrogens with zero attached hydrogens (tertiary/aromatic N) is 1. The van der Waals surface area contributed by atoms with E-state index in [1.54, 1.807) is 6.92 Å². The number of rotatable bonds is 5. The highest BCUT2D eigenvalue weighted by Crippen LogP contribution is 2.21. The molecule has 102 valence electrons. The van der Waals surface area contributed by atoms with Gasteiger partial charge in [0.15, 0.2) is 0 Å². The van der Waals surface area contributed by atoms with Gasteiger partial charge in [-0.3, -0.25) is 0 Å². The minimum Gasteiger partial charge on any atom is -0.478 e.